The SMILES string of the molecule is O=C(C=Cc1ccc([N+](=O)[O-])cc1)NN1CCc2ccccc21. The van der Waals surface area contributed by atoms with Gasteiger partial charge in [0, 0.05) is 24.8 Å². The molecule has 6 nitrogen and oxygen atoms in total. The smallest absolute Gasteiger partial charge is 0.269 e. The fourth-order valence-corrected chi connectivity index (χ4v) is 2.50. The maximum atomic E-state index is 12.0. The highest BCUT2D eigenvalue weighted by Gasteiger charge is 2.18. The van der Waals surface area contributed by atoms with E-state index in [1.165, 1.54) is 23.8 Å². The highest BCUT2D eigenvalue weighted by Crippen LogP contribution is 2.25. The molecule has 0 fully saturated rings. The Kier molecular flexibility index (Phi) is 4.05. The number of nitro benzene ring substituents is 1. The van der Waals surface area contributed by atoms with Crippen LogP contribution in [0, 0.1) is 10.1 Å². The molecule has 2 aromatic carbocycles. The molecule has 116 valence electrons. The van der Waals surface area contributed by atoms with Gasteiger partial charge in [0.05, 0.1) is 10.6 Å². The first-order chi connectivity index (χ1) is 11.1. The van der Waals surface area contributed by atoms with Crippen LogP contribution in [-0.2, 0) is 11.2 Å². The monoisotopic (exact) mass is 309 g/mol. The Morgan fingerprint density at radius 3 is 2.65 bits per heavy atom. The minimum absolute atomic E-state index is 0.0280. The van der Waals surface area contributed by atoms with Crippen LogP contribution in [0.2, 0.25) is 0 Å². The van der Waals surface area contributed by atoms with Gasteiger partial charge in [-0.15, -0.1) is 0 Å². The second-order valence-electron chi connectivity index (χ2n) is 5.19. The number of non-ortho nitro benzene ring substituents is 1. The van der Waals surface area contributed by atoms with Crippen LogP contribution in [0.1, 0.15) is 11.1 Å². The van der Waals surface area contributed by atoms with Crippen LogP contribution in [0.4, 0.5) is 11.4 Å². The Morgan fingerprint density at radius 2 is 1.91 bits per heavy atom. The van der Waals surface area contributed by atoms with E-state index in [4.69, 9.17) is 0 Å². The summed E-state index contributed by atoms with van der Waals surface area (Å²) in [6.45, 7) is 0.746. The first kappa shape index (κ1) is 14.8. The number of carbonyl (C=O) groups excluding carboxylic acids is 1. The molecule has 0 atom stereocenters. The van der Waals surface area contributed by atoms with Crippen molar-refractivity contribution in [3.63, 3.8) is 0 Å². The first-order valence-electron chi connectivity index (χ1n) is 7.22. The molecule has 23 heavy (non-hydrogen) atoms. The van der Waals surface area contributed by atoms with Crippen LogP contribution >= 0.6 is 0 Å². The molecule has 1 aliphatic heterocycles. The van der Waals surface area contributed by atoms with Crippen LogP contribution in [0.5, 0.6) is 0 Å². The summed E-state index contributed by atoms with van der Waals surface area (Å²) in [4.78, 5) is 22.1. The Labute approximate surface area is 133 Å². The lowest BCUT2D eigenvalue weighted by atomic mass is 10.2. The van der Waals surface area contributed by atoms with Crippen molar-refractivity contribution in [2.45, 2.75) is 6.42 Å². The molecule has 2 aromatic rings. The molecule has 1 amide bonds. The van der Waals surface area contributed by atoms with Gasteiger partial charge in [-0.25, -0.2) is 0 Å². The summed E-state index contributed by atoms with van der Waals surface area (Å²) in [6, 6.07) is 14.0. The zero-order chi connectivity index (χ0) is 16.2. The van der Waals surface area contributed by atoms with Crippen molar-refractivity contribution in [1.29, 1.82) is 0 Å². The van der Waals surface area contributed by atoms with E-state index in [0.717, 1.165) is 24.2 Å². The van der Waals surface area contributed by atoms with Gasteiger partial charge in [0.2, 0.25) is 0 Å². The molecule has 0 saturated heterocycles. The van der Waals surface area contributed by atoms with Crippen LogP contribution < -0.4 is 10.4 Å². The number of hydrogen-bond acceptors (Lipinski definition) is 4. The fraction of sp³-hybridized carbons (Fsp3) is 0.118. The van der Waals surface area contributed by atoms with Crippen LogP contribution in [-0.4, -0.2) is 17.4 Å². The van der Waals surface area contributed by atoms with Crippen molar-refractivity contribution >= 4 is 23.4 Å². The maximum absolute atomic E-state index is 12.0. The number of carbonyl (C=O) groups is 1. The van der Waals surface area contributed by atoms with E-state index < -0.39 is 4.92 Å². The lowest BCUT2D eigenvalue weighted by Crippen LogP contribution is -2.40. The zero-order valence-electron chi connectivity index (χ0n) is 12.3. The van der Waals surface area contributed by atoms with E-state index >= 15 is 0 Å². The molecule has 0 bridgehead atoms. The number of benzene rings is 2. The molecule has 0 unspecified atom stereocenters. The molecule has 0 saturated carbocycles. The summed E-state index contributed by atoms with van der Waals surface area (Å²) in [5, 5.41) is 12.4. The molecule has 1 aliphatic rings. The van der Waals surface area contributed by atoms with Gasteiger partial charge >= 0.3 is 0 Å². The van der Waals surface area contributed by atoms with Gasteiger partial charge in [0.15, 0.2) is 0 Å². The van der Waals surface area contributed by atoms with Gasteiger partial charge in [-0.1, -0.05) is 18.2 Å². The summed E-state index contributed by atoms with van der Waals surface area (Å²) in [5.41, 5.74) is 5.82. The average molecular weight is 309 g/mol. The number of amides is 1. The standard InChI is InChI=1S/C17H15N3O3/c21-17(10-7-13-5-8-15(9-6-13)20(22)23)18-19-12-11-14-3-1-2-4-16(14)19/h1-10H,11-12H2,(H,18,21). The van der Waals surface area contributed by atoms with Gasteiger partial charge in [0.25, 0.3) is 11.6 Å². The van der Waals surface area contributed by atoms with Crippen LogP contribution in [0.15, 0.2) is 54.6 Å². The number of nitrogens with one attached hydrogen (secondary N) is 1. The second kappa shape index (κ2) is 6.31. The van der Waals surface area contributed by atoms with Gasteiger partial charge in [-0.05, 0) is 41.8 Å². The number of nitro groups is 1. The summed E-state index contributed by atoms with van der Waals surface area (Å²) >= 11 is 0. The van der Waals surface area contributed by atoms with Crippen molar-refractivity contribution in [2.75, 3.05) is 11.6 Å². The third-order valence-corrected chi connectivity index (χ3v) is 3.66. The number of rotatable bonds is 4. The van der Waals surface area contributed by atoms with Crippen molar-refractivity contribution in [2.24, 2.45) is 0 Å². The van der Waals surface area contributed by atoms with E-state index in [9.17, 15) is 14.9 Å². The number of hydrazine groups is 1. The molecular weight excluding hydrogens is 294 g/mol. The maximum Gasteiger partial charge on any atom is 0.269 e. The Balaban J connectivity index is 1.62. The third-order valence-electron chi connectivity index (χ3n) is 3.66. The topological polar surface area (TPSA) is 75.5 Å². The second-order valence-corrected chi connectivity index (χ2v) is 5.19. The number of nitrogens with zero attached hydrogens (tertiary/aromatic N) is 2. The van der Waals surface area contributed by atoms with Crippen LogP contribution in [0.3, 0.4) is 0 Å². The minimum atomic E-state index is -0.453. The third kappa shape index (κ3) is 3.37. The molecule has 0 aliphatic carbocycles. The number of fused-ring (bicyclic) bond motifs is 1. The first-order valence-corrected chi connectivity index (χ1v) is 7.22. The van der Waals surface area contributed by atoms with E-state index in [1.54, 1.807) is 18.2 Å². The summed E-state index contributed by atoms with van der Waals surface area (Å²) in [7, 11) is 0. The van der Waals surface area contributed by atoms with E-state index in [1.807, 2.05) is 29.3 Å². The predicted octanol–water partition coefficient (Wildman–Crippen LogP) is 2.70. The van der Waals surface area contributed by atoms with E-state index in [0.29, 0.717) is 0 Å². The normalized spacial score (nSPS) is 13.1. The van der Waals surface area contributed by atoms with Crippen molar-refractivity contribution < 1.29 is 9.72 Å². The molecule has 1 N–H and O–H groups in total. The molecule has 3 rings (SSSR count). The van der Waals surface area contributed by atoms with Crippen molar-refractivity contribution in [3.05, 3.63) is 75.8 Å². The van der Waals surface area contributed by atoms with Gasteiger partial charge in [0.1, 0.15) is 0 Å². The lowest BCUT2D eigenvalue weighted by Gasteiger charge is -2.19. The van der Waals surface area contributed by atoms with Gasteiger partial charge in [-0.2, -0.15) is 0 Å². The van der Waals surface area contributed by atoms with E-state index in [2.05, 4.69) is 5.43 Å². The lowest BCUT2D eigenvalue weighted by molar-refractivity contribution is -0.384. The Morgan fingerprint density at radius 1 is 1.17 bits per heavy atom. The minimum Gasteiger partial charge on any atom is -0.285 e. The van der Waals surface area contributed by atoms with E-state index in [-0.39, 0.29) is 11.6 Å². The molecular formula is C17H15N3O3. The molecule has 1 heterocycles. The Bertz CT molecular complexity index is 769. The summed E-state index contributed by atoms with van der Waals surface area (Å²) < 4.78 is 0. The van der Waals surface area contributed by atoms with Gasteiger partial charge < -0.3 is 0 Å². The molecule has 0 radical (unpaired) electrons. The zero-order valence-corrected chi connectivity index (χ0v) is 12.3. The highest BCUT2D eigenvalue weighted by atomic mass is 16.6. The quantitative estimate of drug-likeness (QED) is 0.535. The van der Waals surface area contributed by atoms with Crippen LogP contribution in [0.25, 0.3) is 6.08 Å². The molecule has 6 heteroatoms. The van der Waals surface area contributed by atoms with Gasteiger partial charge in [-0.3, -0.25) is 25.3 Å². The fourth-order valence-electron chi connectivity index (χ4n) is 2.50. The number of hydrogen-bond donors (Lipinski definition) is 1. The highest BCUT2D eigenvalue weighted by molar-refractivity contribution is 5.93. The Hall–Kier alpha value is -3.15. The summed E-state index contributed by atoms with van der Waals surface area (Å²) in [5.74, 6) is -0.236. The largest absolute Gasteiger partial charge is 0.285 e. The summed E-state index contributed by atoms with van der Waals surface area (Å²) in [6.07, 6.45) is 3.95. The molecule has 0 aromatic heterocycles. The average Bonchev–Trinajstić information content (AvgIpc) is 2.96. The predicted molar refractivity (Wildman–Crippen MR) is 87.8 cm³/mol. The van der Waals surface area contributed by atoms with Crippen molar-refractivity contribution in [3.8, 4) is 0 Å². The van der Waals surface area contributed by atoms with Crippen molar-refractivity contribution in [1.82, 2.24) is 5.43 Å². The number of anilines is 1. The molecule has 0 spiro atoms. The number of para-hydroxylation sites is 1.